The van der Waals surface area contributed by atoms with Crippen molar-refractivity contribution in [3.63, 3.8) is 0 Å². The second-order valence-corrected chi connectivity index (χ2v) is 11.9. The Morgan fingerprint density at radius 2 is 1.95 bits per heavy atom. The quantitative estimate of drug-likeness (QED) is 0.320. The highest BCUT2D eigenvalue weighted by molar-refractivity contribution is 6.12. The molecule has 4 aromatic rings. The minimum Gasteiger partial charge on any atom is -0.320 e. The molecule has 12 heteroatoms. The van der Waals surface area contributed by atoms with Crippen LogP contribution in [0.1, 0.15) is 71.0 Å². The van der Waals surface area contributed by atoms with Crippen LogP contribution >= 0.6 is 0 Å². The van der Waals surface area contributed by atoms with Crippen LogP contribution in [0.25, 0.3) is 5.65 Å². The normalized spacial score (nSPS) is 23.2. The first-order valence-corrected chi connectivity index (χ1v) is 13.7. The van der Waals surface area contributed by atoms with Crippen molar-refractivity contribution in [1.29, 1.82) is 0 Å². The number of benzene rings is 1. The van der Waals surface area contributed by atoms with E-state index in [1.165, 1.54) is 11.0 Å². The number of nitrogens with one attached hydrogen (secondary N) is 1. The lowest BCUT2D eigenvalue weighted by Crippen LogP contribution is -2.43. The summed E-state index contributed by atoms with van der Waals surface area (Å²) in [6.45, 7) is 2.04. The lowest BCUT2D eigenvalue weighted by Gasteiger charge is -2.46. The van der Waals surface area contributed by atoms with E-state index in [1.54, 1.807) is 18.7 Å². The first-order valence-electron chi connectivity index (χ1n) is 13.7. The minimum absolute atomic E-state index is 0.00778. The predicted molar refractivity (Wildman–Crippen MR) is 142 cm³/mol. The summed E-state index contributed by atoms with van der Waals surface area (Å²) in [6.07, 6.45) is 4.87. The Kier molecular flexibility index (Phi) is 5.64. The van der Waals surface area contributed by atoms with Crippen LogP contribution in [0, 0.1) is 5.92 Å². The van der Waals surface area contributed by atoms with Crippen LogP contribution in [0.5, 0.6) is 0 Å². The molecule has 2 saturated carbocycles. The Balaban J connectivity index is 1.30. The molecule has 1 aromatic carbocycles. The number of aromatic nitrogens is 5. The predicted octanol–water partition coefficient (Wildman–Crippen LogP) is 4.95. The van der Waals surface area contributed by atoms with Gasteiger partial charge < -0.3 is 19.2 Å². The topological polar surface area (TPSA) is 80.3 Å². The Morgan fingerprint density at radius 1 is 1.17 bits per heavy atom. The Bertz CT molecular complexity index is 1680. The summed E-state index contributed by atoms with van der Waals surface area (Å²) in [7, 11) is 1.89. The zero-order valence-electron chi connectivity index (χ0n) is 22.7. The lowest BCUT2D eigenvalue weighted by molar-refractivity contribution is -0.138. The molecule has 3 aromatic heterocycles. The maximum atomic E-state index is 14.3. The third kappa shape index (κ3) is 4.22. The lowest BCUT2D eigenvalue weighted by atomic mass is 9.59. The molecule has 3 aliphatic rings. The SMILES string of the molecule is CC1CC(c2cc(N3Cc4c(cc(CNCC5(F)CC5)cc4C(F)(F)F)C3=O)c3nccn3c2)(c2nncn2C)C1. The number of alkyl halides is 4. The van der Waals surface area contributed by atoms with Gasteiger partial charge in [-0.15, -0.1) is 10.2 Å². The number of carbonyl (C=O) groups is 1. The van der Waals surface area contributed by atoms with Gasteiger partial charge in [0.1, 0.15) is 17.8 Å². The van der Waals surface area contributed by atoms with Gasteiger partial charge in [-0.25, -0.2) is 9.37 Å². The first-order chi connectivity index (χ1) is 19.5. The average molecular weight is 568 g/mol. The number of hydrogen-bond acceptors (Lipinski definition) is 5. The van der Waals surface area contributed by atoms with E-state index in [9.17, 15) is 22.4 Å². The molecule has 4 heterocycles. The van der Waals surface area contributed by atoms with Gasteiger partial charge in [-0.3, -0.25) is 4.79 Å². The summed E-state index contributed by atoms with van der Waals surface area (Å²) in [6, 6.07) is 4.44. The monoisotopic (exact) mass is 567 g/mol. The zero-order valence-corrected chi connectivity index (χ0v) is 22.7. The highest BCUT2D eigenvalue weighted by atomic mass is 19.4. The fourth-order valence-electron chi connectivity index (χ4n) is 6.63. The average Bonchev–Trinajstić information content (AvgIpc) is 3.24. The molecular formula is C29H29F4N7O. The van der Waals surface area contributed by atoms with Crippen LogP contribution in [0.2, 0.25) is 0 Å². The molecule has 0 unspecified atom stereocenters. The van der Waals surface area contributed by atoms with Crippen LogP contribution in [-0.4, -0.2) is 42.3 Å². The summed E-state index contributed by atoms with van der Waals surface area (Å²) in [5.41, 5.74) is -0.519. The van der Waals surface area contributed by atoms with E-state index in [2.05, 4.69) is 27.4 Å². The van der Waals surface area contributed by atoms with Gasteiger partial charge in [0.2, 0.25) is 0 Å². The fourth-order valence-corrected chi connectivity index (χ4v) is 6.63. The summed E-state index contributed by atoms with van der Waals surface area (Å²) >= 11 is 0. The second kappa shape index (κ2) is 8.85. The van der Waals surface area contributed by atoms with Crippen LogP contribution in [0.4, 0.5) is 23.2 Å². The molecule has 0 spiro atoms. The van der Waals surface area contributed by atoms with Gasteiger partial charge in [0.15, 0.2) is 5.65 Å². The molecule has 7 rings (SSSR count). The van der Waals surface area contributed by atoms with Gasteiger partial charge in [-0.05, 0) is 66.5 Å². The number of aryl methyl sites for hydroxylation is 1. The number of anilines is 1. The Hall–Kier alpha value is -3.80. The van der Waals surface area contributed by atoms with Crippen molar-refractivity contribution in [2.24, 2.45) is 13.0 Å². The Labute approximate surface area is 233 Å². The third-order valence-electron chi connectivity index (χ3n) is 8.82. The van der Waals surface area contributed by atoms with Gasteiger partial charge in [0, 0.05) is 44.3 Å². The third-order valence-corrected chi connectivity index (χ3v) is 8.82. The highest BCUT2D eigenvalue weighted by Gasteiger charge is 2.49. The van der Waals surface area contributed by atoms with E-state index in [-0.39, 0.29) is 30.8 Å². The molecule has 0 atom stereocenters. The maximum Gasteiger partial charge on any atom is 0.416 e. The standard InChI is InChI=1S/C29H29F4N7O/c1-17-10-28(11-17,26-37-36-16-38(26)2)19-9-23(24-35-5-6-39(24)13-19)40-14-21-20(25(40)41)7-18(8-22(21)29(31,32)33)12-34-15-27(30)3-4-27/h5-9,13,16-17,34H,3-4,10-12,14-15H2,1-2H3. The van der Waals surface area contributed by atoms with E-state index >= 15 is 0 Å². The molecule has 0 saturated heterocycles. The molecule has 1 amide bonds. The molecule has 0 bridgehead atoms. The van der Waals surface area contributed by atoms with Crippen molar-refractivity contribution in [3.8, 4) is 0 Å². The number of carbonyl (C=O) groups excluding carboxylic acids is 1. The smallest absolute Gasteiger partial charge is 0.320 e. The molecule has 1 N–H and O–H groups in total. The van der Waals surface area contributed by atoms with Gasteiger partial charge >= 0.3 is 6.18 Å². The van der Waals surface area contributed by atoms with Crippen molar-refractivity contribution in [3.05, 3.63) is 76.8 Å². The summed E-state index contributed by atoms with van der Waals surface area (Å²) in [5, 5.41) is 11.4. The van der Waals surface area contributed by atoms with E-state index in [0.29, 0.717) is 35.7 Å². The van der Waals surface area contributed by atoms with Crippen molar-refractivity contribution in [2.45, 2.75) is 63.0 Å². The number of amides is 1. The second-order valence-electron chi connectivity index (χ2n) is 11.9. The number of rotatable bonds is 7. The maximum absolute atomic E-state index is 14.3. The van der Waals surface area contributed by atoms with Crippen molar-refractivity contribution in [1.82, 2.24) is 29.5 Å². The van der Waals surface area contributed by atoms with Crippen LogP contribution in [-0.2, 0) is 31.7 Å². The first kappa shape index (κ1) is 26.1. The number of nitrogens with zero attached hydrogens (tertiary/aromatic N) is 6. The van der Waals surface area contributed by atoms with E-state index in [4.69, 9.17) is 0 Å². The van der Waals surface area contributed by atoms with Crippen molar-refractivity contribution < 1.29 is 22.4 Å². The zero-order chi connectivity index (χ0) is 28.7. The Morgan fingerprint density at radius 3 is 2.61 bits per heavy atom. The largest absolute Gasteiger partial charge is 0.416 e. The molecule has 2 aliphatic carbocycles. The van der Waals surface area contributed by atoms with E-state index < -0.39 is 28.7 Å². The molecule has 214 valence electrons. The summed E-state index contributed by atoms with van der Waals surface area (Å²) in [4.78, 5) is 19.7. The van der Waals surface area contributed by atoms with E-state index in [1.807, 2.05) is 28.3 Å². The molecule has 0 radical (unpaired) electrons. The van der Waals surface area contributed by atoms with Crippen LogP contribution in [0.3, 0.4) is 0 Å². The van der Waals surface area contributed by atoms with Crippen molar-refractivity contribution >= 4 is 17.2 Å². The molecule has 2 fully saturated rings. The number of pyridine rings is 1. The van der Waals surface area contributed by atoms with Gasteiger partial charge in [0.25, 0.3) is 5.91 Å². The molecule has 41 heavy (non-hydrogen) atoms. The van der Waals surface area contributed by atoms with Gasteiger partial charge in [-0.2, -0.15) is 13.2 Å². The number of imidazole rings is 1. The molecule has 8 nitrogen and oxygen atoms in total. The van der Waals surface area contributed by atoms with Gasteiger partial charge in [-0.1, -0.05) is 6.92 Å². The number of halogens is 4. The number of hydrogen-bond donors (Lipinski definition) is 1. The highest BCUT2D eigenvalue weighted by Crippen LogP contribution is 2.52. The van der Waals surface area contributed by atoms with E-state index in [0.717, 1.165) is 30.3 Å². The van der Waals surface area contributed by atoms with Crippen molar-refractivity contribution in [2.75, 3.05) is 11.4 Å². The minimum atomic E-state index is -4.66. The fraction of sp³-hybridized carbons (Fsp3) is 0.448. The van der Waals surface area contributed by atoms with Crippen LogP contribution in [0.15, 0.2) is 43.1 Å². The number of fused-ring (bicyclic) bond motifs is 2. The summed E-state index contributed by atoms with van der Waals surface area (Å²) in [5.74, 6) is 0.725. The summed E-state index contributed by atoms with van der Waals surface area (Å²) < 4.78 is 60.6. The molecule has 1 aliphatic heterocycles. The van der Waals surface area contributed by atoms with Gasteiger partial charge in [0.05, 0.1) is 23.2 Å². The molecular weight excluding hydrogens is 538 g/mol. The van der Waals surface area contributed by atoms with Crippen LogP contribution < -0.4 is 10.2 Å².